The van der Waals surface area contributed by atoms with Crippen LogP contribution in [0.15, 0.2) is 0 Å². The van der Waals surface area contributed by atoms with Crippen LogP contribution in [0, 0.1) is 5.92 Å². The Morgan fingerprint density at radius 3 is 2.35 bits per heavy atom. The van der Waals surface area contributed by atoms with E-state index in [0.29, 0.717) is 6.42 Å². The molecule has 0 bridgehead atoms. The molecule has 136 valence electrons. The van der Waals surface area contributed by atoms with Gasteiger partial charge in [0, 0.05) is 26.1 Å². The van der Waals surface area contributed by atoms with Gasteiger partial charge in [0.25, 0.3) is 0 Å². The SMILES string of the molecule is CCCCP(=O)(O)[C@@H](O)CCNC(=O)O[C@H](C)OC(=O)C(C)C. The highest BCUT2D eigenvalue weighted by atomic mass is 31.2. The van der Waals surface area contributed by atoms with Gasteiger partial charge in [-0.1, -0.05) is 27.2 Å². The Balaban J connectivity index is 4.06. The van der Waals surface area contributed by atoms with Crippen LogP contribution in [0.3, 0.4) is 0 Å². The number of hydrogen-bond acceptors (Lipinski definition) is 6. The third-order valence-electron chi connectivity index (χ3n) is 3.00. The lowest BCUT2D eigenvalue weighted by molar-refractivity contribution is -0.168. The van der Waals surface area contributed by atoms with E-state index in [1.165, 1.54) is 6.92 Å². The van der Waals surface area contributed by atoms with Gasteiger partial charge in [0.15, 0.2) is 0 Å². The molecule has 0 aromatic carbocycles. The fourth-order valence-electron chi connectivity index (χ4n) is 1.55. The fourth-order valence-corrected chi connectivity index (χ4v) is 3.15. The van der Waals surface area contributed by atoms with Crippen molar-refractivity contribution in [3.8, 4) is 0 Å². The van der Waals surface area contributed by atoms with Crippen LogP contribution >= 0.6 is 7.37 Å². The highest BCUT2D eigenvalue weighted by Gasteiger charge is 2.28. The molecule has 0 saturated heterocycles. The van der Waals surface area contributed by atoms with Gasteiger partial charge in [0.1, 0.15) is 5.85 Å². The van der Waals surface area contributed by atoms with Gasteiger partial charge in [-0.2, -0.15) is 0 Å². The highest BCUT2D eigenvalue weighted by Crippen LogP contribution is 2.46. The molecule has 0 spiro atoms. The van der Waals surface area contributed by atoms with E-state index in [2.05, 4.69) is 5.32 Å². The number of aliphatic hydroxyl groups is 1. The lowest BCUT2D eigenvalue weighted by Gasteiger charge is -2.19. The maximum Gasteiger partial charge on any atom is 0.410 e. The molecule has 1 unspecified atom stereocenters. The molecule has 3 atom stereocenters. The largest absolute Gasteiger partial charge is 0.425 e. The standard InChI is InChI=1S/C14H28NO7P/c1-5-6-9-23(19,20)12(16)7-8-15-14(18)22-11(4)21-13(17)10(2)3/h10-12,16H,5-9H2,1-4H3,(H,15,18)(H,19,20)/t11-,12-/m1/s1. The van der Waals surface area contributed by atoms with Gasteiger partial charge < -0.3 is 24.8 Å². The van der Waals surface area contributed by atoms with Gasteiger partial charge >= 0.3 is 12.1 Å². The van der Waals surface area contributed by atoms with Crippen LogP contribution in [0.5, 0.6) is 0 Å². The maximum absolute atomic E-state index is 11.8. The molecule has 0 aromatic rings. The van der Waals surface area contributed by atoms with Crippen LogP contribution in [0.4, 0.5) is 4.79 Å². The summed E-state index contributed by atoms with van der Waals surface area (Å²) in [5, 5.41) is 12.0. The average Bonchev–Trinajstić information content (AvgIpc) is 2.44. The van der Waals surface area contributed by atoms with E-state index in [9.17, 15) is 24.2 Å². The van der Waals surface area contributed by atoms with Crippen LogP contribution in [0.1, 0.15) is 47.0 Å². The molecule has 0 radical (unpaired) electrons. The van der Waals surface area contributed by atoms with Gasteiger partial charge in [-0.15, -0.1) is 0 Å². The summed E-state index contributed by atoms with van der Waals surface area (Å²) in [6.45, 7) is 6.57. The number of aliphatic hydroxyl groups excluding tert-OH is 1. The van der Waals surface area contributed by atoms with E-state index in [1.807, 2.05) is 6.92 Å². The summed E-state index contributed by atoms with van der Waals surface area (Å²) in [4.78, 5) is 32.5. The zero-order chi connectivity index (χ0) is 18.0. The minimum Gasteiger partial charge on any atom is -0.425 e. The minimum absolute atomic E-state index is 0.0263. The van der Waals surface area contributed by atoms with Crippen molar-refractivity contribution in [2.75, 3.05) is 12.7 Å². The summed E-state index contributed by atoms with van der Waals surface area (Å²) in [5.41, 5.74) is 0. The van der Waals surface area contributed by atoms with Gasteiger partial charge in [-0.25, -0.2) is 4.79 Å². The summed E-state index contributed by atoms with van der Waals surface area (Å²) in [6, 6.07) is 0. The van der Waals surface area contributed by atoms with Crippen molar-refractivity contribution < 1.29 is 33.6 Å². The lowest BCUT2D eigenvalue weighted by atomic mass is 10.2. The molecule has 8 nitrogen and oxygen atoms in total. The zero-order valence-electron chi connectivity index (χ0n) is 14.2. The first-order chi connectivity index (χ1) is 10.6. The number of amides is 1. The van der Waals surface area contributed by atoms with Crippen molar-refractivity contribution in [1.29, 1.82) is 0 Å². The lowest BCUT2D eigenvalue weighted by Crippen LogP contribution is -2.32. The highest BCUT2D eigenvalue weighted by molar-refractivity contribution is 7.58. The molecule has 0 rings (SSSR count). The fraction of sp³-hybridized carbons (Fsp3) is 0.857. The molecule has 0 aliphatic carbocycles. The Kier molecular flexibility index (Phi) is 10.1. The molecule has 9 heteroatoms. The summed E-state index contributed by atoms with van der Waals surface area (Å²) in [5.74, 6) is -2.20. The normalized spacial score (nSPS) is 16.3. The molecule has 23 heavy (non-hydrogen) atoms. The zero-order valence-corrected chi connectivity index (χ0v) is 15.0. The van der Waals surface area contributed by atoms with Crippen LogP contribution in [0.25, 0.3) is 0 Å². The molecule has 0 saturated carbocycles. The number of alkyl carbamates (subject to hydrolysis) is 1. The third kappa shape index (κ3) is 9.58. The summed E-state index contributed by atoms with van der Waals surface area (Å²) < 4.78 is 21.5. The second-order valence-corrected chi connectivity index (χ2v) is 8.15. The van der Waals surface area contributed by atoms with Crippen LogP contribution in [0.2, 0.25) is 0 Å². The molecule has 0 aliphatic heterocycles. The van der Waals surface area contributed by atoms with Gasteiger partial charge in [0.05, 0.1) is 5.92 Å². The van der Waals surface area contributed by atoms with E-state index in [4.69, 9.17) is 9.47 Å². The Bertz CT molecular complexity index is 427. The van der Waals surface area contributed by atoms with Crippen LogP contribution in [-0.4, -0.2) is 46.9 Å². The second kappa shape index (κ2) is 10.6. The van der Waals surface area contributed by atoms with Crippen molar-refractivity contribution in [1.82, 2.24) is 5.32 Å². The monoisotopic (exact) mass is 353 g/mol. The number of carbonyl (C=O) groups is 2. The Labute approximate surface area is 137 Å². The van der Waals surface area contributed by atoms with Gasteiger partial charge in [-0.3, -0.25) is 9.36 Å². The quantitative estimate of drug-likeness (QED) is 0.312. The van der Waals surface area contributed by atoms with Gasteiger partial charge in [-0.05, 0) is 6.42 Å². The first-order valence-corrected chi connectivity index (χ1v) is 9.66. The predicted octanol–water partition coefficient (Wildman–Crippen LogP) is 2.04. The van der Waals surface area contributed by atoms with Crippen LogP contribution < -0.4 is 5.32 Å². The second-order valence-electron chi connectivity index (χ2n) is 5.59. The number of carbonyl (C=O) groups excluding carboxylic acids is 2. The molecule has 0 heterocycles. The van der Waals surface area contributed by atoms with Crippen molar-refractivity contribution in [3.05, 3.63) is 0 Å². The van der Waals surface area contributed by atoms with Crippen LogP contribution in [-0.2, 0) is 18.8 Å². The maximum atomic E-state index is 11.8. The summed E-state index contributed by atoms with van der Waals surface area (Å²) in [7, 11) is -3.62. The van der Waals surface area contributed by atoms with E-state index < -0.39 is 31.6 Å². The number of unbranched alkanes of at least 4 members (excludes halogenated alkanes) is 1. The Morgan fingerprint density at radius 1 is 1.22 bits per heavy atom. The topological polar surface area (TPSA) is 122 Å². The predicted molar refractivity (Wildman–Crippen MR) is 85.1 cm³/mol. The molecule has 0 fully saturated rings. The molecular formula is C14H28NO7P. The Hall–Kier alpha value is -1.11. The van der Waals surface area contributed by atoms with Crippen molar-refractivity contribution in [3.63, 3.8) is 0 Å². The molecule has 0 aliphatic rings. The number of nitrogens with one attached hydrogen (secondary N) is 1. The summed E-state index contributed by atoms with van der Waals surface area (Å²) in [6.07, 6.45) is -0.566. The first-order valence-electron chi connectivity index (χ1n) is 7.74. The number of esters is 1. The Morgan fingerprint density at radius 2 is 1.83 bits per heavy atom. The molecular weight excluding hydrogens is 325 g/mol. The number of rotatable bonds is 10. The van der Waals surface area contributed by atoms with Gasteiger partial charge in [0.2, 0.25) is 13.7 Å². The smallest absolute Gasteiger partial charge is 0.410 e. The average molecular weight is 353 g/mol. The molecule has 3 N–H and O–H groups in total. The van der Waals surface area contributed by atoms with E-state index >= 15 is 0 Å². The van der Waals surface area contributed by atoms with Crippen molar-refractivity contribution >= 4 is 19.4 Å². The van der Waals surface area contributed by atoms with E-state index in [0.717, 1.165) is 6.42 Å². The number of hydrogen-bond donors (Lipinski definition) is 3. The third-order valence-corrected chi connectivity index (χ3v) is 5.14. The van der Waals surface area contributed by atoms with E-state index in [-0.39, 0.29) is 25.0 Å². The molecule has 0 aromatic heterocycles. The first kappa shape index (κ1) is 21.9. The van der Waals surface area contributed by atoms with Crippen molar-refractivity contribution in [2.45, 2.75) is 59.1 Å². The minimum atomic E-state index is -3.62. The summed E-state index contributed by atoms with van der Waals surface area (Å²) >= 11 is 0. The molecule has 1 amide bonds. The van der Waals surface area contributed by atoms with E-state index in [1.54, 1.807) is 13.8 Å². The number of ether oxygens (including phenoxy) is 2. The van der Waals surface area contributed by atoms with Crippen molar-refractivity contribution in [2.24, 2.45) is 5.92 Å².